The van der Waals surface area contributed by atoms with E-state index >= 15 is 0 Å². The predicted octanol–water partition coefficient (Wildman–Crippen LogP) is 7.93. The zero-order chi connectivity index (χ0) is 28.6. The van der Waals surface area contributed by atoms with Gasteiger partial charge in [0, 0.05) is 18.3 Å². The Hall–Kier alpha value is -2.87. The molecule has 0 N–H and O–H groups in total. The Labute approximate surface area is 243 Å². The van der Waals surface area contributed by atoms with Crippen molar-refractivity contribution < 1.29 is 23.9 Å². The van der Waals surface area contributed by atoms with Gasteiger partial charge in [-0.1, -0.05) is 89.8 Å². The number of pyridine rings is 1. The number of amides is 3. The molecule has 0 saturated carbocycles. The number of rotatable bonds is 18. The number of nitrogens with zero attached hydrogens (tertiary/aromatic N) is 2. The van der Waals surface area contributed by atoms with Crippen molar-refractivity contribution in [3.63, 3.8) is 0 Å². The van der Waals surface area contributed by atoms with Crippen LogP contribution in [0.2, 0.25) is 0 Å². The van der Waals surface area contributed by atoms with Crippen molar-refractivity contribution in [2.24, 2.45) is 0 Å². The minimum Gasteiger partial charge on any atom is -0.493 e. The maximum absolute atomic E-state index is 12.8. The number of aromatic nitrogens is 1. The van der Waals surface area contributed by atoms with Crippen LogP contribution in [0, 0.1) is 0 Å². The highest BCUT2D eigenvalue weighted by Crippen LogP contribution is 2.30. The first-order valence-electron chi connectivity index (χ1n) is 14.9. The van der Waals surface area contributed by atoms with Gasteiger partial charge in [-0.05, 0) is 60.4 Å². The van der Waals surface area contributed by atoms with Crippen molar-refractivity contribution in [1.82, 2.24) is 9.88 Å². The van der Waals surface area contributed by atoms with Crippen LogP contribution in [-0.2, 0) is 28.8 Å². The Bertz CT molecular complexity index is 1060. The standard InChI is InChI=1S/C32H44N2O5S/c1-3-5-6-7-8-9-10-11-12-13-21-39-31(36)34-30(35)29(40-32(34)37)23-26-15-18-28(19-16-26)38-22-20-27-17-14-25(4-2)24-33-27/h14-19,24,29H,3-13,20-23H2,1-2H3. The Morgan fingerprint density at radius 3 is 2.12 bits per heavy atom. The second-order valence-electron chi connectivity index (χ2n) is 10.3. The van der Waals surface area contributed by atoms with Gasteiger partial charge in [-0.25, -0.2) is 4.79 Å². The Morgan fingerprint density at radius 2 is 1.50 bits per heavy atom. The van der Waals surface area contributed by atoms with Gasteiger partial charge in [-0.15, -0.1) is 0 Å². The number of ether oxygens (including phenoxy) is 2. The molecule has 3 rings (SSSR count). The van der Waals surface area contributed by atoms with Gasteiger partial charge in [0.15, 0.2) is 0 Å². The summed E-state index contributed by atoms with van der Waals surface area (Å²) in [6, 6.07) is 11.6. The number of hydrogen-bond acceptors (Lipinski definition) is 7. The van der Waals surface area contributed by atoms with Crippen molar-refractivity contribution in [2.45, 2.75) is 103 Å². The van der Waals surface area contributed by atoms with Crippen LogP contribution in [0.1, 0.15) is 94.9 Å². The summed E-state index contributed by atoms with van der Waals surface area (Å²) in [6.45, 7) is 5.07. The van der Waals surface area contributed by atoms with Crippen molar-refractivity contribution >= 4 is 29.0 Å². The van der Waals surface area contributed by atoms with E-state index in [0.717, 1.165) is 54.5 Å². The summed E-state index contributed by atoms with van der Waals surface area (Å²) in [5, 5.41) is -1.20. The van der Waals surface area contributed by atoms with E-state index in [9.17, 15) is 14.4 Å². The van der Waals surface area contributed by atoms with E-state index in [-0.39, 0.29) is 6.61 Å². The average molecular weight is 569 g/mol. The second-order valence-corrected chi connectivity index (χ2v) is 11.5. The molecule has 1 atom stereocenters. The normalized spacial score (nSPS) is 15.1. The molecule has 0 aliphatic carbocycles. The monoisotopic (exact) mass is 568 g/mol. The van der Waals surface area contributed by atoms with Gasteiger partial charge in [0.1, 0.15) is 5.75 Å². The van der Waals surface area contributed by atoms with E-state index in [0.29, 0.717) is 24.3 Å². The van der Waals surface area contributed by atoms with Crippen LogP contribution in [0.4, 0.5) is 9.59 Å². The smallest absolute Gasteiger partial charge is 0.424 e. The molecule has 218 valence electrons. The van der Waals surface area contributed by atoms with Crippen molar-refractivity contribution in [3.05, 3.63) is 59.4 Å². The third-order valence-corrected chi connectivity index (χ3v) is 8.13. The minimum absolute atomic E-state index is 0.225. The third kappa shape index (κ3) is 10.6. The van der Waals surface area contributed by atoms with E-state index in [1.54, 1.807) is 0 Å². The summed E-state index contributed by atoms with van der Waals surface area (Å²) < 4.78 is 11.1. The van der Waals surface area contributed by atoms with Crippen molar-refractivity contribution in [2.75, 3.05) is 13.2 Å². The molecule has 1 aromatic carbocycles. The van der Waals surface area contributed by atoms with E-state index in [1.165, 1.54) is 50.5 Å². The lowest BCUT2D eigenvalue weighted by molar-refractivity contribution is -0.125. The van der Waals surface area contributed by atoms with Crippen LogP contribution < -0.4 is 4.74 Å². The molecule has 7 nitrogen and oxygen atoms in total. The molecular formula is C32H44N2O5S. The SMILES string of the molecule is CCCCCCCCCCCCOC(=O)N1C(=O)SC(Cc2ccc(OCCc3ccc(CC)cn3)cc2)C1=O. The Morgan fingerprint density at radius 1 is 0.850 bits per heavy atom. The largest absolute Gasteiger partial charge is 0.493 e. The lowest BCUT2D eigenvalue weighted by Crippen LogP contribution is -2.38. The average Bonchev–Trinajstić information content (AvgIpc) is 3.25. The van der Waals surface area contributed by atoms with Crippen LogP contribution in [0.3, 0.4) is 0 Å². The highest BCUT2D eigenvalue weighted by Gasteiger charge is 2.44. The quantitative estimate of drug-likeness (QED) is 0.169. The number of hydrogen-bond donors (Lipinski definition) is 0. The highest BCUT2D eigenvalue weighted by molar-refractivity contribution is 8.15. The molecule has 1 aliphatic rings. The molecule has 8 heteroatoms. The van der Waals surface area contributed by atoms with Crippen LogP contribution in [0.25, 0.3) is 0 Å². The number of aryl methyl sites for hydroxylation is 1. The van der Waals surface area contributed by atoms with Gasteiger partial charge < -0.3 is 9.47 Å². The number of imide groups is 3. The van der Waals surface area contributed by atoms with Crippen LogP contribution in [-0.4, -0.2) is 45.6 Å². The minimum atomic E-state index is -0.858. The fraction of sp³-hybridized carbons (Fsp3) is 0.562. The first-order chi connectivity index (χ1) is 19.5. The molecule has 3 amide bonds. The number of unbranched alkanes of at least 4 members (excludes halogenated alkanes) is 9. The fourth-order valence-corrected chi connectivity index (χ4v) is 5.58. The summed E-state index contributed by atoms with van der Waals surface area (Å²) in [6.07, 6.45) is 14.9. The van der Waals surface area contributed by atoms with E-state index in [1.807, 2.05) is 36.5 Å². The first kappa shape index (κ1) is 31.7. The predicted molar refractivity (Wildman–Crippen MR) is 160 cm³/mol. The summed E-state index contributed by atoms with van der Waals surface area (Å²) >= 11 is 0.881. The molecule has 0 spiro atoms. The summed E-state index contributed by atoms with van der Waals surface area (Å²) in [4.78, 5) is 42.7. The molecule has 0 bridgehead atoms. The van der Waals surface area contributed by atoms with Gasteiger partial charge in [-0.3, -0.25) is 14.6 Å². The summed E-state index contributed by atoms with van der Waals surface area (Å²) in [5.41, 5.74) is 3.09. The Balaban J connectivity index is 1.32. The molecule has 1 fully saturated rings. The van der Waals surface area contributed by atoms with Gasteiger partial charge in [0.2, 0.25) is 0 Å². The molecule has 1 aromatic heterocycles. The van der Waals surface area contributed by atoms with Crippen LogP contribution in [0.5, 0.6) is 5.75 Å². The number of benzene rings is 1. The number of carbonyl (C=O) groups excluding carboxylic acids is 3. The molecule has 2 heterocycles. The molecule has 0 radical (unpaired) electrons. The van der Waals surface area contributed by atoms with Gasteiger partial charge in [0.05, 0.1) is 18.5 Å². The highest BCUT2D eigenvalue weighted by atomic mass is 32.2. The molecule has 1 saturated heterocycles. The van der Waals surface area contributed by atoms with Gasteiger partial charge in [-0.2, -0.15) is 4.90 Å². The van der Waals surface area contributed by atoms with Crippen LogP contribution in [0.15, 0.2) is 42.6 Å². The van der Waals surface area contributed by atoms with E-state index in [2.05, 4.69) is 24.9 Å². The zero-order valence-corrected chi connectivity index (χ0v) is 24.9. The molecule has 1 aliphatic heterocycles. The maximum Gasteiger partial charge on any atom is 0.424 e. The van der Waals surface area contributed by atoms with Gasteiger partial charge in [0.25, 0.3) is 11.1 Å². The molecule has 2 aromatic rings. The number of carbonyl (C=O) groups is 3. The van der Waals surface area contributed by atoms with Crippen molar-refractivity contribution in [3.8, 4) is 5.75 Å². The first-order valence-corrected chi connectivity index (χ1v) is 15.8. The number of thioether (sulfide) groups is 1. The fourth-order valence-electron chi connectivity index (χ4n) is 4.59. The Kier molecular flexibility index (Phi) is 14.0. The second kappa shape index (κ2) is 17.7. The molecular weight excluding hydrogens is 524 g/mol. The zero-order valence-electron chi connectivity index (χ0n) is 24.1. The van der Waals surface area contributed by atoms with E-state index < -0.39 is 22.5 Å². The van der Waals surface area contributed by atoms with Crippen molar-refractivity contribution in [1.29, 1.82) is 0 Å². The summed E-state index contributed by atoms with van der Waals surface area (Å²) in [5.74, 6) is 0.220. The lowest BCUT2D eigenvalue weighted by Gasteiger charge is -2.13. The molecule has 40 heavy (non-hydrogen) atoms. The van der Waals surface area contributed by atoms with Gasteiger partial charge >= 0.3 is 6.09 Å². The maximum atomic E-state index is 12.8. The summed E-state index contributed by atoms with van der Waals surface area (Å²) in [7, 11) is 0. The third-order valence-electron chi connectivity index (χ3n) is 7.09. The van der Waals surface area contributed by atoms with E-state index in [4.69, 9.17) is 9.47 Å². The van der Waals surface area contributed by atoms with Crippen LogP contribution >= 0.6 is 11.8 Å². The lowest BCUT2D eigenvalue weighted by atomic mass is 10.1. The topological polar surface area (TPSA) is 85.8 Å². The molecule has 1 unspecified atom stereocenters.